The molecule has 0 aromatic carbocycles. The zero-order valence-electron chi connectivity index (χ0n) is 13.1. The van der Waals surface area contributed by atoms with E-state index in [4.69, 9.17) is 14.6 Å². The number of hydrogen-bond acceptors (Lipinski definition) is 5. The van der Waals surface area contributed by atoms with E-state index in [0.717, 1.165) is 0 Å². The molecule has 1 rings (SSSR count). The highest BCUT2D eigenvalue weighted by molar-refractivity contribution is 5.82. The molecule has 20 heavy (non-hydrogen) atoms. The van der Waals surface area contributed by atoms with Crippen LogP contribution in [-0.4, -0.2) is 53.5 Å². The highest BCUT2D eigenvalue weighted by atomic mass is 16.6. The first-order chi connectivity index (χ1) is 9.33. The van der Waals surface area contributed by atoms with Crippen molar-refractivity contribution in [2.75, 3.05) is 13.2 Å². The lowest BCUT2D eigenvalue weighted by Crippen LogP contribution is -2.49. The first-order valence-corrected chi connectivity index (χ1v) is 6.74. The molecule has 0 saturated carbocycles. The van der Waals surface area contributed by atoms with Gasteiger partial charge in [-0.15, -0.1) is 0 Å². The van der Waals surface area contributed by atoms with E-state index in [-0.39, 0.29) is 18.8 Å². The van der Waals surface area contributed by atoms with Gasteiger partial charge in [0.05, 0.1) is 12.6 Å². The minimum Gasteiger partial charge on any atom is -0.444 e. The number of aliphatic hydroxyl groups excluding tert-OH is 1. The van der Waals surface area contributed by atoms with Crippen molar-refractivity contribution in [1.29, 1.82) is 0 Å². The van der Waals surface area contributed by atoms with E-state index < -0.39 is 17.7 Å². The summed E-state index contributed by atoms with van der Waals surface area (Å²) in [4.78, 5) is 32.4. The lowest BCUT2D eigenvalue weighted by atomic mass is 10.0. The molecule has 1 saturated heterocycles. The second kappa shape index (κ2) is 10.4. The number of Topliss-reactive ketones (excluding diaryl/α,β-unsaturated/α-hetero) is 1. The van der Waals surface area contributed by atoms with Gasteiger partial charge in [-0.05, 0) is 20.8 Å². The van der Waals surface area contributed by atoms with Gasteiger partial charge in [-0.2, -0.15) is 0 Å². The van der Waals surface area contributed by atoms with Crippen LogP contribution in [0.3, 0.4) is 0 Å². The van der Waals surface area contributed by atoms with Crippen LogP contribution in [0, 0.1) is 0 Å². The third-order valence-corrected chi connectivity index (χ3v) is 2.37. The maximum absolute atomic E-state index is 11.8. The number of ketones is 1. The Labute approximate surface area is 121 Å². The Bertz CT molecular complexity index is 298. The van der Waals surface area contributed by atoms with Crippen LogP contribution >= 0.6 is 0 Å². The Morgan fingerprint density at radius 1 is 1.40 bits per heavy atom. The number of carbonyl (C=O) groups excluding carboxylic acids is 3. The standard InChI is InChI=1S/C11H19NO4.C2H6.CH2O/c1-11(2,3)16-10(15)12-5-4-9(14)6-8(12)7-13;2*1-2/h8,13H,4-7H2,1-3H3;1-2H3;1H2. The van der Waals surface area contributed by atoms with Crippen LogP contribution in [0.25, 0.3) is 0 Å². The Morgan fingerprint density at radius 3 is 2.30 bits per heavy atom. The average Bonchev–Trinajstić information content (AvgIpc) is 2.41. The van der Waals surface area contributed by atoms with Gasteiger partial charge in [-0.25, -0.2) is 4.79 Å². The van der Waals surface area contributed by atoms with E-state index in [9.17, 15) is 9.59 Å². The number of piperidine rings is 1. The van der Waals surface area contributed by atoms with Crippen LogP contribution < -0.4 is 0 Å². The summed E-state index contributed by atoms with van der Waals surface area (Å²) in [6.07, 6.45) is 0.102. The van der Waals surface area contributed by atoms with Crippen LogP contribution in [-0.2, 0) is 14.3 Å². The molecule has 1 fully saturated rings. The Kier molecular flexibility index (Phi) is 10.8. The van der Waals surface area contributed by atoms with Gasteiger partial charge in [0.15, 0.2) is 0 Å². The molecular weight excluding hydrogens is 262 g/mol. The third kappa shape index (κ3) is 7.89. The summed E-state index contributed by atoms with van der Waals surface area (Å²) in [5, 5.41) is 9.12. The fourth-order valence-electron chi connectivity index (χ4n) is 1.63. The largest absolute Gasteiger partial charge is 0.444 e. The summed E-state index contributed by atoms with van der Waals surface area (Å²) in [7, 11) is 0. The van der Waals surface area contributed by atoms with E-state index in [1.54, 1.807) is 20.8 Å². The summed E-state index contributed by atoms with van der Waals surface area (Å²) < 4.78 is 5.21. The Balaban J connectivity index is 0. The lowest BCUT2D eigenvalue weighted by molar-refractivity contribution is -0.123. The quantitative estimate of drug-likeness (QED) is 0.795. The van der Waals surface area contributed by atoms with Crippen molar-refractivity contribution < 1.29 is 24.2 Å². The molecule has 0 radical (unpaired) electrons. The number of amides is 1. The minimum absolute atomic E-state index is 0.0823. The Morgan fingerprint density at radius 2 is 1.90 bits per heavy atom. The minimum atomic E-state index is -0.557. The van der Waals surface area contributed by atoms with Crippen molar-refractivity contribution in [3.63, 3.8) is 0 Å². The number of ether oxygens (including phenoxy) is 1. The van der Waals surface area contributed by atoms with Crippen LogP contribution in [0.1, 0.15) is 47.5 Å². The van der Waals surface area contributed by atoms with Crippen molar-refractivity contribution in [1.82, 2.24) is 4.90 Å². The van der Waals surface area contributed by atoms with E-state index in [1.807, 2.05) is 20.6 Å². The van der Waals surface area contributed by atoms with Crippen LogP contribution in [0.15, 0.2) is 0 Å². The van der Waals surface area contributed by atoms with Gasteiger partial charge >= 0.3 is 6.09 Å². The zero-order valence-corrected chi connectivity index (χ0v) is 13.1. The second-order valence-electron chi connectivity index (χ2n) is 5.00. The van der Waals surface area contributed by atoms with Gasteiger partial charge in [0, 0.05) is 19.4 Å². The number of carbonyl (C=O) groups is 3. The lowest BCUT2D eigenvalue weighted by Gasteiger charge is -2.35. The molecule has 1 atom stereocenters. The van der Waals surface area contributed by atoms with Gasteiger partial charge in [0.1, 0.15) is 18.2 Å². The van der Waals surface area contributed by atoms with Gasteiger partial charge in [0.25, 0.3) is 0 Å². The molecule has 1 heterocycles. The summed E-state index contributed by atoms with van der Waals surface area (Å²) >= 11 is 0. The van der Waals surface area contributed by atoms with Crippen molar-refractivity contribution in [3.8, 4) is 0 Å². The number of rotatable bonds is 1. The normalized spacial score (nSPS) is 18.2. The molecule has 1 unspecified atom stereocenters. The summed E-state index contributed by atoms with van der Waals surface area (Å²) in [6.45, 7) is 11.5. The van der Waals surface area contributed by atoms with E-state index in [1.165, 1.54) is 4.90 Å². The molecule has 0 spiro atoms. The molecule has 0 aliphatic carbocycles. The predicted octanol–water partition coefficient (Wildman–Crippen LogP) is 1.79. The highest BCUT2D eigenvalue weighted by Gasteiger charge is 2.32. The van der Waals surface area contributed by atoms with Crippen molar-refractivity contribution >= 4 is 18.7 Å². The van der Waals surface area contributed by atoms with Gasteiger partial charge in [-0.1, -0.05) is 13.8 Å². The zero-order chi connectivity index (χ0) is 16.3. The fourth-order valence-corrected chi connectivity index (χ4v) is 1.63. The topological polar surface area (TPSA) is 83.9 Å². The first-order valence-electron chi connectivity index (χ1n) is 6.74. The smallest absolute Gasteiger partial charge is 0.410 e. The third-order valence-electron chi connectivity index (χ3n) is 2.37. The molecule has 1 amide bonds. The monoisotopic (exact) mass is 289 g/mol. The predicted molar refractivity (Wildman–Crippen MR) is 76.5 cm³/mol. The summed E-state index contributed by atoms with van der Waals surface area (Å²) in [5.74, 6) is 0.0823. The van der Waals surface area contributed by atoms with Crippen molar-refractivity contribution in [3.05, 3.63) is 0 Å². The number of likely N-dealkylation sites (tertiary alicyclic amines) is 1. The number of hydrogen-bond donors (Lipinski definition) is 1. The van der Waals surface area contributed by atoms with Crippen LogP contribution in [0.5, 0.6) is 0 Å². The van der Waals surface area contributed by atoms with Crippen LogP contribution in [0.2, 0.25) is 0 Å². The van der Waals surface area contributed by atoms with Crippen molar-refractivity contribution in [2.45, 2.75) is 59.1 Å². The van der Waals surface area contributed by atoms with Gasteiger partial charge < -0.3 is 19.5 Å². The van der Waals surface area contributed by atoms with Crippen LogP contribution in [0.4, 0.5) is 4.79 Å². The van der Waals surface area contributed by atoms with E-state index >= 15 is 0 Å². The highest BCUT2D eigenvalue weighted by Crippen LogP contribution is 2.18. The van der Waals surface area contributed by atoms with Gasteiger partial charge in [-0.3, -0.25) is 4.79 Å². The summed E-state index contributed by atoms with van der Waals surface area (Å²) in [5.41, 5.74) is -0.557. The molecule has 6 heteroatoms. The molecule has 1 N–H and O–H groups in total. The summed E-state index contributed by atoms with van der Waals surface area (Å²) in [6, 6.07) is -0.434. The van der Waals surface area contributed by atoms with Crippen molar-refractivity contribution in [2.24, 2.45) is 0 Å². The average molecular weight is 289 g/mol. The molecule has 118 valence electrons. The fraction of sp³-hybridized carbons (Fsp3) is 0.786. The maximum atomic E-state index is 11.8. The van der Waals surface area contributed by atoms with E-state index in [0.29, 0.717) is 13.0 Å². The number of nitrogens with zero attached hydrogens (tertiary/aromatic N) is 1. The van der Waals surface area contributed by atoms with E-state index in [2.05, 4.69) is 0 Å². The molecule has 0 aromatic heterocycles. The maximum Gasteiger partial charge on any atom is 0.410 e. The molecule has 6 nitrogen and oxygen atoms in total. The second-order valence-corrected chi connectivity index (χ2v) is 5.00. The van der Waals surface area contributed by atoms with Gasteiger partial charge in [0.2, 0.25) is 0 Å². The molecule has 0 aromatic rings. The molecular formula is C14H27NO5. The Hall–Kier alpha value is -1.43. The number of aliphatic hydroxyl groups is 1. The molecule has 0 bridgehead atoms. The SMILES string of the molecule is C=O.CC.CC(C)(C)OC(=O)N1CCC(=O)CC1CO. The molecule has 1 aliphatic heterocycles. The first kappa shape index (κ1) is 20.9. The molecule has 1 aliphatic rings.